The molecule has 0 aliphatic carbocycles. The predicted molar refractivity (Wildman–Crippen MR) is 144 cm³/mol. The smallest absolute Gasteiger partial charge is 0.173 e. The molecule has 1 fully saturated rings. The average Bonchev–Trinajstić information content (AvgIpc) is 2.90. The third-order valence-corrected chi connectivity index (χ3v) is 6.90. The van der Waals surface area contributed by atoms with Crippen LogP contribution in [0.1, 0.15) is 5.56 Å². The number of fused-ring (bicyclic) bond motifs is 1. The number of aromatic nitrogens is 1. The van der Waals surface area contributed by atoms with E-state index < -0.39 is 5.82 Å². The molecule has 1 aliphatic rings. The standard InChI is InChI=1S/C29H31FN4O2/c1-19-25(35-3)17-26(36-4)29(30)28(19)21-6-5-20-16-27(31-18-22(20)15-21)32-23-7-9-24(10-8-23)34-13-11-33(2)12-14-34/h5-10,15-18H,11-14H2,1-4H3,(H,31,32). The molecule has 1 aromatic heterocycles. The van der Waals surface area contributed by atoms with Gasteiger partial charge in [0.2, 0.25) is 0 Å². The number of nitrogens with one attached hydrogen (secondary N) is 1. The quantitative estimate of drug-likeness (QED) is 0.368. The summed E-state index contributed by atoms with van der Waals surface area (Å²) in [6.45, 7) is 6.11. The summed E-state index contributed by atoms with van der Waals surface area (Å²) in [5.74, 6) is 1.10. The number of hydrogen-bond acceptors (Lipinski definition) is 6. The summed E-state index contributed by atoms with van der Waals surface area (Å²) < 4.78 is 25.9. The third-order valence-electron chi connectivity index (χ3n) is 6.90. The molecule has 0 radical (unpaired) electrons. The number of hydrogen-bond donors (Lipinski definition) is 1. The molecular formula is C29H31FN4O2. The van der Waals surface area contributed by atoms with E-state index in [2.05, 4.69) is 51.4 Å². The first kappa shape index (κ1) is 23.9. The van der Waals surface area contributed by atoms with Crippen molar-refractivity contribution in [2.45, 2.75) is 6.92 Å². The molecule has 0 bridgehead atoms. The molecule has 1 saturated heterocycles. The lowest BCUT2D eigenvalue weighted by molar-refractivity contribution is 0.313. The first-order chi connectivity index (χ1) is 17.5. The number of ether oxygens (including phenoxy) is 2. The van der Waals surface area contributed by atoms with Gasteiger partial charge in [-0.25, -0.2) is 9.37 Å². The Kier molecular flexibility index (Phi) is 6.65. The number of nitrogens with zero attached hydrogens (tertiary/aromatic N) is 3. The summed E-state index contributed by atoms with van der Waals surface area (Å²) in [6, 6.07) is 17.9. The van der Waals surface area contributed by atoms with Crippen molar-refractivity contribution in [3.05, 3.63) is 72.2 Å². The summed E-state index contributed by atoms with van der Waals surface area (Å²) >= 11 is 0. The van der Waals surface area contributed by atoms with Crippen molar-refractivity contribution in [3.8, 4) is 22.6 Å². The van der Waals surface area contributed by atoms with E-state index in [1.807, 2.05) is 37.4 Å². The lowest BCUT2D eigenvalue weighted by atomic mass is 9.96. The number of anilines is 3. The van der Waals surface area contributed by atoms with E-state index in [9.17, 15) is 0 Å². The van der Waals surface area contributed by atoms with Gasteiger partial charge in [-0.05, 0) is 61.3 Å². The Morgan fingerprint density at radius 3 is 2.28 bits per heavy atom. The van der Waals surface area contributed by atoms with Crippen molar-refractivity contribution in [1.29, 1.82) is 0 Å². The Hall–Kier alpha value is -3.84. The maximum atomic E-state index is 15.2. The summed E-state index contributed by atoms with van der Waals surface area (Å²) in [7, 11) is 5.19. The van der Waals surface area contributed by atoms with Gasteiger partial charge in [-0.15, -0.1) is 0 Å². The van der Waals surface area contributed by atoms with Gasteiger partial charge in [0.1, 0.15) is 11.6 Å². The molecule has 0 amide bonds. The molecule has 3 aromatic carbocycles. The van der Waals surface area contributed by atoms with Crippen molar-refractivity contribution in [2.24, 2.45) is 0 Å². The van der Waals surface area contributed by atoms with Crippen LogP contribution in [0.25, 0.3) is 21.9 Å². The Bertz CT molecular complexity index is 1350. The zero-order chi connectivity index (χ0) is 25.2. The largest absolute Gasteiger partial charge is 0.496 e. The van der Waals surface area contributed by atoms with Gasteiger partial charge in [0.15, 0.2) is 11.6 Å². The van der Waals surface area contributed by atoms with Gasteiger partial charge < -0.3 is 24.6 Å². The van der Waals surface area contributed by atoms with Crippen LogP contribution in [0.5, 0.6) is 11.5 Å². The molecule has 36 heavy (non-hydrogen) atoms. The number of benzene rings is 3. The second kappa shape index (κ2) is 10.0. The van der Waals surface area contributed by atoms with Gasteiger partial charge in [-0.2, -0.15) is 0 Å². The first-order valence-corrected chi connectivity index (χ1v) is 12.1. The van der Waals surface area contributed by atoms with Crippen LogP contribution in [0, 0.1) is 12.7 Å². The maximum absolute atomic E-state index is 15.2. The maximum Gasteiger partial charge on any atom is 0.173 e. The Balaban J connectivity index is 1.38. The fourth-order valence-electron chi connectivity index (χ4n) is 4.74. The highest BCUT2D eigenvalue weighted by molar-refractivity contribution is 5.90. The van der Waals surface area contributed by atoms with Crippen molar-refractivity contribution in [1.82, 2.24) is 9.88 Å². The van der Waals surface area contributed by atoms with Crippen molar-refractivity contribution < 1.29 is 13.9 Å². The molecule has 1 aliphatic heterocycles. The number of halogens is 1. The number of piperazine rings is 1. The minimum absolute atomic E-state index is 0.156. The number of likely N-dealkylation sites (N-methyl/N-ethyl adjacent to an activating group) is 1. The molecule has 5 rings (SSSR count). The summed E-state index contributed by atoms with van der Waals surface area (Å²) in [5, 5.41) is 5.33. The molecule has 4 aromatic rings. The molecular weight excluding hydrogens is 455 g/mol. The fourth-order valence-corrected chi connectivity index (χ4v) is 4.74. The van der Waals surface area contributed by atoms with E-state index >= 15 is 4.39 Å². The van der Waals surface area contributed by atoms with Gasteiger partial charge in [0.05, 0.1) is 14.2 Å². The van der Waals surface area contributed by atoms with E-state index in [1.54, 1.807) is 13.2 Å². The highest BCUT2D eigenvalue weighted by Crippen LogP contribution is 2.39. The van der Waals surface area contributed by atoms with Crippen LogP contribution in [0.4, 0.5) is 21.6 Å². The van der Waals surface area contributed by atoms with Gasteiger partial charge in [0.25, 0.3) is 0 Å². The van der Waals surface area contributed by atoms with E-state index in [1.165, 1.54) is 12.8 Å². The minimum atomic E-state index is -0.401. The van der Waals surface area contributed by atoms with Crippen molar-refractivity contribution in [3.63, 3.8) is 0 Å². The van der Waals surface area contributed by atoms with Crippen LogP contribution in [-0.2, 0) is 0 Å². The van der Waals surface area contributed by atoms with Gasteiger partial charge in [-0.1, -0.05) is 12.1 Å². The lowest BCUT2D eigenvalue weighted by Crippen LogP contribution is -2.44. The normalized spacial score (nSPS) is 14.2. The SMILES string of the molecule is COc1cc(OC)c(F)c(-c2ccc3cc(Nc4ccc(N5CCN(C)CC5)cc4)ncc3c2)c1C. The molecule has 0 spiro atoms. The average molecular weight is 487 g/mol. The second-order valence-corrected chi connectivity index (χ2v) is 9.19. The van der Waals surface area contributed by atoms with Crippen LogP contribution >= 0.6 is 0 Å². The highest BCUT2D eigenvalue weighted by atomic mass is 19.1. The van der Waals surface area contributed by atoms with Gasteiger partial charge >= 0.3 is 0 Å². The Labute approximate surface area is 211 Å². The van der Waals surface area contributed by atoms with E-state index in [-0.39, 0.29) is 5.75 Å². The van der Waals surface area contributed by atoms with Gasteiger partial charge in [-0.3, -0.25) is 0 Å². The van der Waals surface area contributed by atoms with Gasteiger partial charge in [0, 0.05) is 66.3 Å². The van der Waals surface area contributed by atoms with Crippen molar-refractivity contribution >= 4 is 28.0 Å². The first-order valence-electron chi connectivity index (χ1n) is 12.1. The van der Waals surface area contributed by atoms with Crippen LogP contribution in [0.2, 0.25) is 0 Å². The molecule has 6 nitrogen and oxygen atoms in total. The third kappa shape index (κ3) is 4.66. The van der Waals surface area contributed by atoms with Crippen LogP contribution in [0.3, 0.4) is 0 Å². The summed E-state index contributed by atoms with van der Waals surface area (Å²) in [5.41, 5.74) is 4.16. The monoisotopic (exact) mass is 486 g/mol. The summed E-state index contributed by atoms with van der Waals surface area (Å²) in [4.78, 5) is 9.37. The summed E-state index contributed by atoms with van der Waals surface area (Å²) in [6.07, 6.45) is 1.81. The Morgan fingerprint density at radius 1 is 0.861 bits per heavy atom. The molecule has 186 valence electrons. The zero-order valence-electron chi connectivity index (χ0n) is 21.1. The Morgan fingerprint density at radius 2 is 1.58 bits per heavy atom. The highest BCUT2D eigenvalue weighted by Gasteiger charge is 2.19. The van der Waals surface area contributed by atoms with Crippen molar-refractivity contribution in [2.75, 3.05) is 57.7 Å². The van der Waals surface area contributed by atoms with Crippen LogP contribution < -0.4 is 19.7 Å². The fraction of sp³-hybridized carbons (Fsp3) is 0.276. The van der Waals surface area contributed by atoms with Crippen LogP contribution in [0.15, 0.2) is 60.8 Å². The molecule has 1 N–H and O–H groups in total. The minimum Gasteiger partial charge on any atom is -0.496 e. The number of methoxy groups -OCH3 is 2. The zero-order valence-corrected chi connectivity index (χ0v) is 21.1. The molecule has 0 unspecified atom stereocenters. The number of pyridine rings is 1. The number of rotatable bonds is 6. The molecule has 2 heterocycles. The van der Waals surface area contributed by atoms with E-state index in [4.69, 9.17) is 9.47 Å². The molecule has 0 atom stereocenters. The predicted octanol–water partition coefficient (Wildman–Crippen LogP) is 5.86. The topological polar surface area (TPSA) is 49.9 Å². The second-order valence-electron chi connectivity index (χ2n) is 9.19. The van der Waals surface area contributed by atoms with E-state index in [0.29, 0.717) is 11.3 Å². The van der Waals surface area contributed by atoms with E-state index in [0.717, 1.165) is 59.6 Å². The lowest BCUT2D eigenvalue weighted by Gasteiger charge is -2.34. The van der Waals surface area contributed by atoms with Crippen LogP contribution in [-0.4, -0.2) is 57.3 Å². The molecule has 0 saturated carbocycles. The molecule has 7 heteroatoms.